The summed E-state index contributed by atoms with van der Waals surface area (Å²) in [5.74, 6) is 0.785. The van der Waals surface area contributed by atoms with Crippen molar-refractivity contribution in [3.8, 4) is 5.75 Å². The number of hydrogen-bond donors (Lipinski definition) is 1. The van der Waals surface area contributed by atoms with Crippen LogP contribution in [0, 0.1) is 0 Å². The standard InChI is InChI=1S/C16H19BrN2O/c1-3-18-12(2)16-9-8-14(10-19-16)20-11-13-6-4-5-7-15(13)17/h4-10,12,18H,3,11H2,1-2H3. The molecule has 0 amide bonds. The van der Waals surface area contributed by atoms with Crippen molar-refractivity contribution in [2.24, 2.45) is 0 Å². The van der Waals surface area contributed by atoms with Gasteiger partial charge in [-0.3, -0.25) is 4.98 Å². The van der Waals surface area contributed by atoms with Gasteiger partial charge in [0, 0.05) is 16.1 Å². The summed E-state index contributed by atoms with van der Waals surface area (Å²) in [4.78, 5) is 4.43. The lowest BCUT2D eigenvalue weighted by Crippen LogP contribution is -2.18. The molecular weight excluding hydrogens is 316 g/mol. The van der Waals surface area contributed by atoms with Gasteiger partial charge >= 0.3 is 0 Å². The van der Waals surface area contributed by atoms with Gasteiger partial charge in [-0.15, -0.1) is 0 Å². The van der Waals surface area contributed by atoms with Crippen LogP contribution >= 0.6 is 15.9 Å². The van der Waals surface area contributed by atoms with Crippen LogP contribution in [0.3, 0.4) is 0 Å². The first kappa shape index (κ1) is 15.0. The predicted molar refractivity (Wildman–Crippen MR) is 84.8 cm³/mol. The summed E-state index contributed by atoms with van der Waals surface area (Å²) in [6.07, 6.45) is 1.78. The Morgan fingerprint density at radius 1 is 1.25 bits per heavy atom. The molecule has 106 valence electrons. The van der Waals surface area contributed by atoms with E-state index in [1.54, 1.807) is 6.20 Å². The van der Waals surface area contributed by atoms with Crippen molar-refractivity contribution in [3.63, 3.8) is 0 Å². The van der Waals surface area contributed by atoms with Gasteiger partial charge in [-0.25, -0.2) is 0 Å². The van der Waals surface area contributed by atoms with Crippen molar-refractivity contribution < 1.29 is 4.74 Å². The molecular formula is C16H19BrN2O. The molecule has 0 aliphatic carbocycles. The van der Waals surface area contributed by atoms with Gasteiger partial charge in [0.05, 0.1) is 11.9 Å². The van der Waals surface area contributed by atoms with E-state index in [0.717, 1.165) is 28.0 Å². The smallest absolute Gasteiger partial charge is 0.138 e. The topological polar surface area (TPSA) is 34.1 Å². The van der Waals surface area contributed by atoms with E-state index >= 15 is 0 Å². The summed E-state index contributed by atoms with van der Waals surface area (Å²) in [6.45, 7) is 5.66. The number of benzene rings is 1. The third kappa shape index (κ3) is 4.05. The number of halogens is 1. The highest BCUT2D eigenvalue weighted by Crippen LogP contribution is 2.19. The summed E-state index contributed by atoms with van der Waals surface area (Å²) in [6, 6.07) is 12.3. The highest BCUT2D eigenvalue weighted by molar-refractivity contribution is 9.10. The van der Waals surface area contributed by atoms with Gasteiger partial charge in [0.15, 0.2) is 0 Å². The molecule has 0 spiro atoms. The molecule has 20 heavy (non-hydrogen) atoms. The van der Waals surface area contributed by atoms with E-state index in [4.69, 9.17) is 4.74 Å². The first-order chi connectivity index (χ1) is 9.70. The Balaban J connectivity index is 1.96. The zero-order valence-corrected chi connectivity index (χ0v) is 13.4. The number of nitrogens with one attached hydrogen (secondary N) is 1. The largest absolute Gasteiger partial charge is 0.487 e. The first-order valence-electron chi connectivity index (χ1n) is 6.76. The maximum atomic E-state index is 5.75. The molecule has 2 aromatic rings. The Morgan fingerprint density at radius 2 is 2.05 bits per heavy atom. The molecule has 1 N–H and O–H groups in total. The van der Waals surface area contributed by atoms with Crippen molar-refractivity contribution >= 4 is 15.9 Å². The van der Waals surface area contributed by atoms with Gasteiger partial charge in [-0.2, -0.15) is 0 Å². The van der Waals surface area contributed by atoms with Crippen LogP contribution in [0.2, 0.25) is 0 Å². The molecule has 1 aromatic carbocycles. The van der Waals surface area contributed by atoms with E-state index in [2.05, 4.69) is 40.1 Å². The molecule has 0 fully saturated rings. The Bertz CT molecular complexity index is 542. The molecule has 4 heteroatoms. The van der Waals surface area contributed by atoms with Crippen LogP contribution in [0.15, 0.2) is 47.1 Å². The molecule has 0 saturated carbocycles. The number of aromatic nitrogens is 1. The molecule has 0 aliphatic heterocycles. The molecule has 1 heterocycles. The van der Waals surface area contributed by atoms with Crippen molar-refractivity contribution in [2.75, 3.05) is 6.54 Å². The molecule has 2 rings (SSSR count). The second-order valence-corrected chi connectivity index (χ2v) is 5.43. The zero-order chi connectivity index (χ0) is 14.4. The molecule has 0 saturated heterocycles. The first-order valence-corrected chi connectivity index (χ1v) is 7.55. The maximum absolute atomic E-state index is 5.75. The fourth-order valence-electron chi connectivity index (χ4n) is 1.92. The lowest BCUT2D eigenvalue weighted by atomic mass is 10.2. The van der Waals surface area contributed by atoms with Gasteiger partial charge in [0.25, 0.3) is 0 Å². The second kappa shape index (κ2) is 7.41. The normalized spacial score (nSPS) is 12.2. The van der Waals surface area contributed by atoms with Crippen molar-refractivity contribution in [1.82, 2.24) is 10.3 Å². The maximum Gasteiger partial charge on any atom is 0.138 e. The van der Waals surface area contributed by atoms with E-state index in [1.807, 2.05) is 36.4 Å². The van der Waals surface area contributed by atoms with Crippen LogP contribution in [0.1, 0.15) is 31.1 Å². The highest BCUT2D eigenvalue weighted by Gasteiger charge is 2.05. The molecule has 1 aromatic heterocycles. The van der Waals surface area contributed by atoms with E-state index in [9.17, 15) is 0 Å². The molecule has 3 nitrogen and oxygen atoms in total. The quantitative estimate of drug-likeness (QED) is 0.863. The fraction of sp³-hybridized carbons (Fsp3) is 0.312. The monoisotopic (exact) mass is 334 g/mol. The third-order valence-corrected chi connectivity index (χ3v) is 3.84. The average Bonchev–Trinajstić information content (AvgIpc) is 2.47. The minimum absolute atomic E-state index is 0.261. The fourth-order valence-corrected chi connectivity index (χ4v) is 2.32. The number of ether oxygens (including phenoxy) is 1. The summed E-state index contributed by atoms with van der Waals surface area (Å²) in [5, 5.41) is 3.34. The lowest BCUT2D eigenvalue weighted by molar-refractivity contribution is 0.304. The minimum Gasteiger partial charge on any atom is -0.487 e. The number of rotatable bonds is 6. The van der Waals surface area contributed by atoms with Crippen LogP contribution in [0.25, 0.3) is 0 Å². The van der Waals surface area contributed by atoms with E-state index < -0.39 is 0 Å². The SMILES string of the molecule is CCNC(C)c1ccc(OCc2ccccc2Br)cn1. The van der Waals surface area contributed by atoms with Crippen LogP contribution < -0.4 is 10.1 Å². The summed E-state index contributed by atoms with van der Waals surface area (Å²) >= 11 is 3.51. The highest BCUT2D eigenvalue weighted by atomic mass is 79.9. The summed E-state index contributed by atoms with van der Waals surface area (Å²) in [7, 11) is 0. The van der Waals surface area contributed by atoms with Crippen LogP contribution in [0.4, 0.5) is 0 Å². The van der Waals surface area contributed by atoms with Gasteiger partial charge in [0.2, 0.25) is 0 Å². The number of hydrogen-bond acceptors (Lipinski definition) is 3. The van der Waals surface area contributed by atoms with Gasteiger partial charge in [-0.05, 0) is 31.7 Å². The Hall–Kier alpha value is -1.39. The van der Waals surface area contributed by atoms with E-state index in [-0.39, 0.29) is 6.04 Å². The second-order valence-electron chi connectivity index (χ2n) is 4.58. The average molecular weight is 335 g/mol. The van der Waals surface area contributed by atoms with Gasteiger partial charge < -0.3 is 10.1 Å². The minimum atomic E-state index is 0.261. The summed E-state index contributed by atoms with van der Waals surface area (Å²) < 4.78 is 6.82. The predicted octanol–water partition coefficient (Wildman–Crippen LogP) is 4.09. The van der Waals surface area contributed by atoms with Crippen LogP contribution in [0.5, 0.6) is 5.75 Å². The van der Waals surface area contributed by atoms with Crippen LogP contribution in [-0.2, 0) is 6.61 Å². The Kier molecular flexibility index (Phi) is 5.56. The molecule has 0 radical (unpaired) electrons. The van der Waals surface area contributed by atoms with Crippen molar-refractivity contribution in [2.45, 2.75) is 26.5 Å². The van der Waals surface area contributed by atoms with Gasteiger partial charge in [-0.1, -0.05) is 41.1 Å². The lowest BCUT2D eigenvalue weighted by Gasteiger charge is -2.12. The zero-order valence-electron chi connectivity index (χ0n) is 11.8. The van der Waals surface area contributed by atoms with Gasteiger partial charge in [0.1, 0.15) is 12.4 Å². The van der Waals surface area contributed by atoms with Crippen molar-refractivity contribution in [3.05, 3.63) is 58.3 Å². The molecule has 1 atom stereocenters. The molecule has 0 aliphatic rings. The van der Waals surface area contributed by atoms with Crippen LogP contribution in [-0.4, -0.2) is 11.5 Å². The van der Waals surface area contributed by atoms with Crippen molar-refractivity contribution in [1.29, 1.82) is 0 Å². The number of pyridine rings is 1. The third-order valence-electron chi connectivity index (χ3n) is 3.07. The van der Waals surface area contributed by atoms with E-state index in [0.29, 0.717) is 6.61 Å². The Morgan fingerprint density at radius 3 is 2.70 bits per heavy atom. The molecule has 0 bridgehead atoms. The Labute approximate surface area is 128 Å². The van der Waals surface area contributed by atoms with E-state index in [1.165, 1.54) is 0 Å². The summed E-state index contributed by atoms with van der Waals surface area (Å²) in [5.41, 5.74) is 2.15. The number of nitrogens with zero attached hydrogens (tertiary/aromatic N) is 1. The molecule has 1 unspecified atom stereocenters.